The van der Waals surface area contributed by atoms with Crippen molar-refractivity contribution in [2.75, 3.05) is 12.4 Å². The van der Waals surface area contributed by atoms with Gasteiger partial charge in [-0.05, 0) is 18.6 Å². The molecule has 3 rings (SSSR count). The molecule has 0 saturated carbocycles. The van der Waals surface area contributed by atoms with Gasteiger partial charge >= 0.3 is 5.97 Å². The maximum Gasteiger partial charge on any atom is 0.340 e. The third-order valence-electron chi connectivity index (χ3n) is 4.14. The van der Waals surface area contributed by atoms with Crippen LogP contribution >= 0.6 is 0 Å². The highest BCUT2D eigenvalue weighted by Gasteiger charge is 2.54. The molecule has 118 valence electrons. The molecule has 5 nitrogen and oxygen atoms in total. The molecule has 0 aromatic heterocycles. The summed E-state index contributed by atoms with van der Waals surface area (Å²) in [4.78, 5) is 25.2. The van der Waals surface area contributed by atoms with E-state index in [-0.39, 0.29) is 6.04 Å². The lowest BCUT2D eigenvalue weighted by atomic mass is 9.89. The molecule has 0 fully saturated rings. The normalized spacial score (nSPS) is 20.5. The van der Waals surface area contributed by atoms with Crippen LogP contribution in [0.2, 0.25) is 0 Å². The van der Waals surface area contributed by atoms with E-state index < -0.39 is 17.4 Å². The summed E-state index contributed by atoms with van der Waals surface area (Å²) in [5, 5.41) is 5.94. The summed E-state index contributed by atoms with van der Waals surface area (Å²) in [5.74, 6) is -1.05. The average Bonchev–Trinajstić information content (AvgIpc) is 2.87. The summed E-state index contributed by atoms with van der Waals surface area (Å²) < 4.78 is 4.94. The summed E-state index contributed by atoms with van der Waals surface area (Å²) in [6.45, 7) is 1.91. The number of methoxy groups -OCH3 is 1. The second-order valence-electron chi connectivity index (χ2n) is 5.52. The van der Waals surface area contributed by atoms with Gasteiger partial charge in [0.05, 0.1) is 7.11 Å². The number of anilines is 1. The molecule has 0 bridgehead atoms. The van der Waals surface area contributed by atoms with Crippen LogP contribution in [0.25, 0.3) is 0 Å². The van der Waals surface area contributed by atoms with E-state index in [9.17, 15) is 9.59 Å². The van der Waals surface area contributed by atoms with E-state index in [1.807, 2.05) is 43.3 Å². The van der Waals surface area contributed by atoms with E-state index in [4.69, 9.17) is 4.74 Å². The van der Waals surface area contributed by atoms with Gasteiger partial charge in [-0.15, -0.1) is 0 Å². The fourth-order valence-electron chi connectivity index (χ4n) is 2.97. The molecule has 0 unspecified atom stereocenters. The lowest BCUT2D eigenvalue weighted by molar-refractivity contribution is -0.153. The number of nitrogens with one attached hydrogen (secondary N) is 2. The Balaban J connectivity index is 2.05. The summed E-state index contributed by atoms with van der Waals surface area (Å²) >= 11 is 0. The van der Waals surface area contributed by atoms with E-state index in [0.717, 1.165) is 5.56 Å². The Morgan fingerprint density at radius 1 is 1.13 bits per heavy atom. The van der Waals surface area contributed by atoms with Gasteiger partial charge in [-0.25, -0.2) is 4.79 Å². The molecule has 1 aliphatic rings. The highest BCUT2D eigenvalue weighted by Crippen LogP contribution is 2.38. The van der Waals surface area contributed by atoms with Crippen LogP contribution in [-0.2, 0) is 19.9 Å². The molecule has 0 aliphatic carbocycles. The molecule has 23 heavy (non-hydrogen) atoms. The zero-order valence-electron chi connectivity index (χ0n) is 13.0. The third-order valence-corrected chi connectivity index (χ3v) is 4.14. The zero-order valence-corrected chi connectivity index (χ0v) is 13.0. The first-order valence-corrected chi connectivity index (χ1v) is 7.41. The van der Waals surface area contributed by atoms with Crippen LogP contribution in [0, 0.1) is 0 Å². The van der Waals surface area contributed by atoms with Crippen molar-refractivity contribution in [1.82, 2.24) is 5.32 Å². The van der Waals surface area contributed by atoms with Crippen LogP contribution in [0.1, 0.15) is 24.1 Å². The molecule has 2 atom stereocenters. The molecule has 1 amide bonds. The Labute approximate surface area is 134 Å². The Kier molecular flexibility index (Phi) is 3.88. The summed E-state index contributed by atoms with van der Waals surface area (Å²) in [7, 11) is 1.28. The predicted octanol–water partition coefficient (Wildman–Crippen LogP) is 2.36. The molecule has 0 spiro atoms. The van der Waals surface area contributed by atoms with Crippen LogP contribution in [0.3, 0.4) is 0 Å². The number of para-hydroxylation sites is 1. The van der Waals surface area contributed by atoms with Crippen molar-refractivity contribution >= 4 is 17.6 Å². The van der Waals surface area contributed by atoms with Crippen molar-refractivity contribution < 1.29 is 14.3 Å². The van der Waals surface area contributed by atoms with Crippen LogP contribution in [0.15, 0.2) is 54.6 Å². The van der Waals surface area contributed by atoms with Crippen LogP contribution in [0.5, 0.6) is 0 Å². The smallest absolute Gasteiger partial charge is 0.340 e. The van der Waals surface area contributed by atoms with Crippen molar-refractivity contribution in [3.05, 3.63) is 65.7 Å². The Hall–Kier alpha value is -2.66. The standard InChI is InChI=1S/C18H18N2O3/c1-12(13-8-4-3-5-9-13)20-18(17(22)23-2)14-10-6-7-11-15(14)19-16(18)21/h3-12,20H,1-2H3,(H,19,21)/t12-,18+/m0/s1. The minimum absolute atomic E-state index is 0.216. The highest BCUT2D eigenvalue weighted by molar-refractivity contribution is 6.18. The summed E-state index contributed by atoms with van der Waals surface area (Å²) in [6.07, 6.45) is 0. The van der Waals surface area contributed by atoms with Gasteiger partial charge in [-0.2, -0.15) is 0 Å². The first kappa shape index (κ1) is 15.2. The third kappa shape index (κ3) is 2.39. The number of benzene rings is 2. The van der Waals surface area contributed by atoms with Crippen molar-refractivity contribution in [2.45, 2.75) is 18.5 Å². The van der Waals surface area contributed by atoms with Crippen LogP contribution in [0.4, 0.5) is 5.69 Å². The summed E-state index contributed by atoms with van der Waals surface area (Å²) in [5.41, 5.74) is 0.642. The molecule has 0 radical (unpaired) electrons. The lowest BCUT2D eigenvalue weighted by Crippen LogP contribution is -2.55. The number of hydrogen-bond acceptors (Lipinski definition) is 4. The van der Waals surface area contributed by atoms with E-state index in [1.165, 1.54) is 7.11 Å². The number of rotatable bonds is 4. The zero-order chi connectivity index (χ0) is 16.4. The minimum Gasteiger partial charge on any atom is -0.467 e. The highest BCUT2D eigenvalue weighted by atomic mass is 16.5. The van der Waals surface area contributed by atoms with Gasteiger partial charge in [0.2, 0.25) is 5.54 Å². The lowest BCUT2D eigenvalue weighted by Gasteiger charge is -2.29. The van der Waals surface area contributed by atoms with Gasteiger partial charge in [0.25, 0.3) is 5.91 Å². The minimum atomic E-state index is -1.54. The van der Waals surface area contributed by atoms with E-state index in [2.05, 4.69) is 10.6 Å². The molecule has 2 N–H and O–H groups in total. The first-order valence-electron chi connectivity index (χ1n) is 7.41. The van der Waals surface area contributed by atoms with Crippen LogP contribution < -0.4 is 10.6 Å². The molecule has 1 heterocycles. The number of hydrogen-bond donors (Lipinski definition) is 2. The Morgan fingerprint density at radius 3 is 2.48 bits per heavy atom. The van der Waals surface area contributed by atoms with Gasteiger partial charge in [-0.3, -0.25) is 10.1 Å². The van der Waals surface area contributed by atoms with E-state index in [0.29, 0.717) is 11.3 Å². The largest absolute Gasteiger partial charge is 0.467 e. The quantitative estimate of drug-likeness (QED) is 0.672. The molecular weight excluding hydrogens is 292 g/mol. The van der Waals surface area contributed by atoms with E-state index in [1.54, 1.807) is 18.2 Å². The van der Waals surface area contributed by atoms with Crippen molar-refractivity contribution in [3.8, 4) is 0 Å². The number of carbonyl (C=O) groups is 2. The molecule has 2 aromatic carbocycles. The Bertz CT molecular complexity index is 735. The molecule has 0 saturated heterocycles. The maximum absolute atomic E-state index is 12.6. The van der Waals surface area contributed by atoms with Crippen molar-refractivity contribution in [3.63, 3.8) is 0 Å². The second kappa shape index (κ2) is 5.85. The molecule has 5 heteroatoms. The van der Waals surface area contributed by atoms with Crippen LogP contribution in [-0.4, -0.2) is 19.0 Å². The summed E-state index contributed by atoms with van der Waals surface area (Å²) in [6, 6.07) is 16.6. The molecular formula is C18H18N2O3. The topological polar surface area (TPSA) is 67.4 Å². The Morgan fingerprint density at radius 2 is 1.78 bits per heavy atom. The fraction of sp³-hybridized carbons (Fsp3) is 0.222. The number of ether oxygens (including phenoxy) is 1. The first-order chi connectivity index (χ1) is 11.1. The number of amides is 1. The number of esters is 1. The van der Waals surface area contributed by atoms with E-state index >= 15 is 0 Å². The van der Waals surface area contributed by atoms with Gasteiger partial charge in [0, 0.05) is 17.3 Å². The van der Waals surface area contributed by atoms with Gasteiger partial charge in [0.1, 0.15) is 0 Å². The van der Waals surface area contributed by atoms with Gasteiger partial charge < -0.3 is 10.1 Å². The predicted molar refractivity (Wildman–Crippen MR) is 86.8 cm³/mol. The average molecular weight is 310 g/mol. The second-order valence-corrected chi connectivity index (χ2v) is 5.52. The fourth-order valence-corrected chi connectivity index (χ4v) is 2.97. The number of carbonyl (C=O) groups excluding carboxylic acids is 2. The maximum atomic E-state index is 12.6. The van der Waals surface area contributed by atoms with Crippen molar-refractivity contribution in [1.29, 1.82) is 0 Å². The monoisotopic (exact) mass is 310 g/mol. The molecule has 2 aromatic rings. The SMILES string of the molecule is COC(=O)[C@]1(N[C@@H](C)c2ccccc2)C(=O)Nc2ccccc21. The number of fused-ring (bicyclic) bond motifs is 1. The van der Waals surface area contributed by atoms with Gasteiger partial charge in [-0.1, -0.05) is 48.5 Å². The van der Waals surface area contributed by atoms with Crippen molar-refractivity contribution in [2.24, 2.45) is 0 Å². The van der Waals surface area contributed by atoms with Gasteiger partial charge in [0.15, 0.2) is 0 Å². The molecule has 1 aliphatic heterocycles.